The SMILES string of the molecule is COc1ccc(C2CC(=O)c3c(O)cc(OCC=C(C)C)cc3O2)cc1. The van der Waals surface area contributed by atoms with E-state index in [1.807, 2.05) is 44.2 Å². The molecule has 1 heterocycles. The molecule has 5 heteroatoms. The van der Waals surface area contributed by atoms with Crippen LogP contribution in [0.15, 0.2) is 48.0 Å². The second kappa shape index (κ2) is 7.52. The molecule has 26 heavy (non-hydrogen) atoms. The maximum absolute atomic E-state index is 12.5. The average molecular weight is 354 g/mol. The van der Waals surface area contributed by atoms with Crippen molar-refractivity contribution in [3.05, 3.63) is 59.2 Å². The van der Waals surface area contributed by atoms with Crippen molar-refractivity contribution in [1.29, 1.82) is 0 Å². The van der Waals surface area contributed by atoms with Crippen LogP contribution in [0.1, 0.15) is 42.3 Å². The van der Waals surface area contributed by atoms with Gasteiger partial charge in [-0.2, -0.15) is 0 Å². The van der Waals surface area contributed by atoms with E-state index in [9.17, 15) is 9.90 Å². The van der Waals surface area contributed by atoms with Gasteiger partial charge < -0.3 is 19.3 Å². The summed E-state index contributed by atoms with van der Waals surface area (Å²) in [7, 11) is 1.60. The number of hydrogen-bond donors (Lipinski definition) is 1. The van der Waals surface area contributed by atoms with Crippen molar-refractivity contribution in [2.75, 3.05) is 13.7 Å². The number of carbonyl (C=O) groups excluding carboxylic acids is 1. The summed E-state index contributed by atoms with van der Waals surface area (Å²) in [6, 6.07) is 10.5. The number of aromatic hydroxyl groups is 1. The maximum Gasteiger partial charge on any atom is 0.174 e. The van der Waals surface area contributed by atoms with Gasteiger partial charge in [-0.3, -0.25) is 4.79 Å². The fraction of sp³-hybridized carbons (Fsp3) is 0.286. The summed E-state index contributed by atoms with van der Waals surface area (Å²) in [4.78, 5) is 12.5. The largest absolute Gasteiger partial charge is 0.507 e. The molecule has 1 atom stereocenters. The number of carbonyl (C=O) groups is 1. The third-order valence-corrected chi connectivity index (χ3v) is 4.20. The number of allylic oxidation sites excluding steroid dienone is 1. The average Bonchev–Trinajstić information content (AvgIpc) is 2.60. The molecule has 0 saturated carbocycles. The normalized spacial score (nSPS) is 15.7. The summed E-state index contributed by atoms with van der Waals surface area (Å²) >= 11 is 0. The van der Waals surface area contributed by atoms with Gasteiger partial charge in [0.05, 0.1) is 13.5 Å². The molecule has 1 N–H and O–H groups in total. The standard InChI is InChI=1S/C21H22O5/c1-13(2)8-9-25-16-10-17(22)21-18(23)12-19(26-20(21)11-16)14-4-6-15(24-3)7-5-14/h4-8,10-11,19,22H,9,12H2,1-3H3. The molecule has 1 unspecified atom stereocenters. The van der Waals surface area contributed by atoms with E-state index < -0.39 is 6.10 Å². The minimum atomic E-state index is -0.409. The van der Waals surface area contributed by atoms with Gasteiger partial charge in [0.1, 0.15) is 41.3 Å². The van der Waals surface area contributed by atoms with Crippen LogP contribution in [0.5, 0.6) is 23.0 Å². The van der Waals surface area contributed by atoms with Gasteiger partial charge in [-0.15, -0.1) is 0 Å². The second-order valence-electron chi connectivity index (χ2n) is 6.41. The molecular formula is C21H22O5. The number of ether oxygens (including phenoxy) is 3. The molecule has 1 aliphatic heterocycles. The Bertz CT molecular complexity index is 832. The molecule has 0 spiro atoms. The number of methoxy groups -OCH3 is 1. The van der Waals surface area contributed by atoms with Crippen LogP contribution in [-0.4, -0.2) is 24.6 Å². The van der Waals surface area contributed by atoms with Crippen LogP contribution in [0.25, 0.3) is 0 Å². The van der Waals surface area contributed by atoms with E-state index >= 15 is 0 Å². The number of benzene rings is 2. The zero-order chi connectivity index (χ0) is 18.7. The Kier molecular flexibility index (Phi) is 5.16. The summed E-state index contributed by atoms with van der Waals surface area (Å²) in [6.07, 6.45) is 1.70. The van der Waals surface area contributed by atoms with Gasteiger partial charge in [0, 0.05) is 12.1 Å². The molecule has 0 fully saturated rings. The van der Waals surface area contributed by atoms with Gasteiger partial charge in [-0.25, -0.2) is 0 Å². The highest BCUT2D eigenvalue weighted by Gasteiger charge is 2.31. The predicted molar refractivity (Wildman–Crippen MR) is 98.3 cm³/mol. The summed E-state index contributed by atoms with van der Waals surface area (Å²) in [5.74, 6) is 1.27. The molecule has 0 aromatic heterocycles. The second-order valence-corrected chi connectivity index (χ2v) is 6.41. The Balaban J connectivity index is 1.85. The van der Waals surface area contributed by atoms with Gasteiger partial charge in [0.25, 0.3) is 0 Å². The third-order valence-electron chi connectivity index (χ3n) is 4.20. The highest BCUT2D eigenvalue weighted by molar-refractivity contribution is 6.02. The van der Waals surface area contributed by atoms with Gasteiger partial charge in [-0.05, 0) is 37.6 Å². The van der Waals surface area contributed by atoms with E-state index in [2.05, 4.69) is 0 Å². The first-order valence-corrected chi connectivity index (χ1v) is 8.45. The van der Waals surface area contributed by atoms with Crippen LogP contribution >= 0.6 is 0 Å². The number of phenolic OH excluding ortho intramolecular Hbond substituents is 1. The van der Waals surface area contributed by atoms with Gasteiger partial charge in [0.15, 0.2) is 5.78 Å². The molecule has 5 nitrogen and oxygen atoms in total. The molecule has 0 amide bonds. The number of phenols is 1. The van der Waals surface area contributed by atoms with Crippen LogP contribution in [0.3, 0.4) is 0 Å². The lowest BCUT2D eigenvalue weighted by Gasteiger charge is -2.26. The van der Waals surface area contributed by atoms with Gasteiger partial charge in [0.2, 0.25) is 0 Å². The lowest BCUT2D eigenvalue weighted by Crippen LogP contribution is -2.20. The zero-order valence-electron chi connectivity index (χ0n) is 15.1. The fourth-order valence-electron chi connectivity index (χ4n) is 2.81. The maximum atomic E-state index is 12.5. The Morgan fingerprint density at radius 3 is 2.62 bits per heavy atom. The first-order chi connectivity index (χ1) is 12.5. The molecule has 3 rings (SSSR count). The lowest BCUT2D eigenvalue weighted by atomic mass is 9.95. The van der Waals surface area contributed by atoms with Crippen LogP contribution in [0, 0.1) is 0 Å². The van der Waals surface area contributed by atoms with E-state index in [4.69, 9.17) is 14.2 Å². The molecule has 2 aromatic rings. The number of rotatable bonds is 5. The number of hydrogen-bond acceptors (Lipinski definition) is 5. The molecule has 0 radical (unpaired) electrons. The van der Waals surface area contributed by atoms with Gasteiger partial charge in [-0.1, -0.05) is 17.7 Å². The quantitative estimate of drug-likeness (QED) is 0.804. The van der Waals surface area contributed by atoms with Crippen molar-refractivity contribution in [3.63, 3.8) is 0 Å². The van der Waals surface area contributed by atoms with Crippen molar-refractivity contribution >= 4 is 5.78 Å². The van der Waals surface area contributed by atoms with Crippen molar-refractivity contribution in [2.24, 2.45) is 0 Å². The molecular weight excluding hydrogens is 332 g/mol. The van der Waals surface area contributed by atoms with Crippen LogP contribution in [0.2, 0.25) is 0 Å². The van der Waals surface area contributed by atoms with E-state index in [1.165, 1.54) is 6.07 Å². The summed E-state index contributed by atoms with van der Waals surface area (Å²) in [5, 5.41) is 10.2. The van der Waals surface area contributed by atoms with Crippen molar-refractivity contribution in [1.82, 2.24) is 0 Å². The smallest absolute Gasteiger partial charge is 0.174 e. The van der Waals surface area contributed by atoms with Crippen LogP contribution in [0.4, 0.5) is 0 Å². The van der Waals surface area contributed by atoms with Gasteiger partial charge >= 0.3 is 0 Å². The van der Waals surface area contributed by atoms with E-state index in [1.54, 1.807) is 13.2 Å². The number of ketones is 1. The number of fused-ring (bicyclic) bond motifs is 1. The Morgan fingerprint density at radius 1 is 1.23 bits per heavy atom. The predicted octanol–water partition coefficient (Wildman–Crippen LogP) is 4.45. The zero-order valence-corrected chi connectivity index (χ0v) is 15.1. The fourth-order valence-corrected chi connectivity index (χ4v) is 2.81. The van der Waals surface area contributed by atoms with E-state index in [-0.39, 0.29) is 23.5 Å². The molecule has 0 aliphatic carbocycles. The van der Waals surface area contributed by atoms with E-state index in [0.29, 0.717) is 18.1 Å². The topological polar surface area (TPSA) is 65.0 Å². The molecule has 136 valence electrons. The van der Waals surface area contributed by atoms with Crippen molar-refractivity contribution in [2.45, 2.75) is 26.4 Å². The Labute approximate surface area is 152 Å². The Morgan fingerprint density at radius 2 is 1.96 bits per heavy atom. The molecule has 1 aliphatic rings. The molecule has 0 bridgehead atoms. The first-order valence-electron chi connectivity index (χ1n) is 8.45. The monoisotopic (exact) mass is 354 g/mol. The van der Waals surface area contributed by atoms with Crippen molar-refractivity contribution < 1.29 is 24.1 Å². The van der Waals surface area contributed by atoms with Crippen molar-refractivity contribution in [3.8, 4) is 23.0 Å². The Hall–Kier alpha value is -2.95. The third kappa shape index (κ3) is 3.82. The summed E-state index contributed by atoms with van der Waals surface area (Å²) in [6.45, 7) is 4.35. The summed E-state index contributed by atoms with van der Waals surface area (Å²) in [5.41, 5.74) is 2.22. The summed E-state index contributed by atoms with van der Waals surface area (Å²) < 4.78 is 16.8. The highest BCUT2D eigenvalue weighted by atomic mass is 16.5. The highest BCUT2D eigenvalue weighted by Crippen LogP contribution is 2.42. The molecule has 0 saturated heterocycles. The molecule has 2 aromatic carbocycles. The van der Waals surface area contributed by atoms with Crippen LogP contribution < -0.4 is 14.2 Å². The first kappa shape index (κ1) is 17.9. The number of Topliss-reactive ketones (excluding diaryl/α,β-unsaturated/α-hetero) is 1. The minimum Gasteiger partial charge on any atom is -0.507 e. The van der Waals surface area contributed by atoms with E-state index in [0.717, 1.165) is 16.9 Å². The van der Waals surface area contributed by atoms with Crippen LogP contribution in [-0.2, 0) is 0 Å². The minimum absolute atomic E-state index is 0.118. The lowest BCUT2D eigenvalue weighted by molar-refractivity contribution is 0.0844.